The van der Waals surface area contributed by atoms with E-state index in [1.54, 1.807) is 12.4 Å². The van der Waals surface area contributed by atoms with E-state index in [2.05, 4.69) is 39.1 Å². The first-order chi connectivity index (χ1) is 8.79. The van der Waals surface area contributed by atoms with Crippen molar-refractivity contribution in [1.29, 1.82) is 0 Å². The van der Waals surface area contributed by atoms with Gasteiger partial charge in [0, 0.05) is 13.6 Å². The van der Waals surface area contributed by atoms with Crippen LogP contribution in [-0.2, 0) is 12.3 Å². The third kappa shape index (κ3) is 3.44. The molecular formula is C14H16ClN3. The molecule has 2 rings (SSSR count). The standard InChI is InChI=1S/C14H16ClN3/c1-18(8-7-12-5-3-2-4-6-12)14-11-16-13(9-15)10-17-14/h2-6,10-11H,7-9H2,1H3. The zero-order chi connectivity index (χ0) is 12.8. The van der Waals surface area contributed by atoms with Crippen molar-refractivity contribution in [2.24, 2.45) is 0 Å². The van der Waals surface area contributed by atoms with E-state index in [0.29, 0.717) is 5.88 Å². The summed E-state index contributed by atoms with van der Waals surface area (Å²) in [5.74, 6) is 1.28. The summed E-state index contributed by atoms with van der Waals surface area (Å²) in [4.78, 5) is 10.7. The van der Waals surface area contributed by atoms with Gasteiger partial charge in [-0.2, -0.15) is 0 Å². The highest BCUT2D eigenvalue weighted by atomic mass is 35.5. The number of halogens is 1. The Balaban J connectivity index is 1.93. The first-order valence-electron chi connectivity index (χ1n) is 5.91. The second kappa shape index (κ2) is 6.36. The van der Waals surface area contributed by atoms with Gasteiger partial charge in [-0.15, -0.1) is 11.6 Å². The predicted octanol–water partition coefficient (Wildman–Crippen LogP) is 2.89. The van der Waals surface area contributed by atoms with E-state index in [9.17, 15) is 0 Å². The van der Waals surface area contributed by atoms with Crippen LogP contribution in [0.25, 0.3) is 0 Å². The van der Waals surface area contributed by atoms with Crippen LogP contribution >= 0.6 is 11.6 Å². The molecule has 1 aromatic heterocycles. The van der Waals surface area contributed by atoms with E-state index in [-0.39, 0.29) is 0 Å². The second-order valence-electron chi connectivity index (χ2n) is 4.16. The van der Waals surface area contributed by atoms with Gasteiger partial charge in [-0.3, -0.25) is 4.98 Å². The molecule has 0 radical (unpaired) electrons. The molecule has 0 spiro atoms. The van der Waals surface area contributed by atoms with Crippen molar-refractivity contribution in [3.8, 4) is 0 Å². The zero-order valence-electron chi connectivity index (χ0n) is 10.4. The lowest BCUT2D eigenvalue weighted by Gasteiger charge is -2.17. The van der Waals surface area contributed by atoms with Crippen LogP contribution in [-0.4, -0.2) is 23.6 Å². The van der Waals surface area contributed by atoms with Crippen LogP contribution in [0.3, 0.4) is 0 Å². The van der Waals surface area contributed by atoms with Crippen LogP contribution in [0.4, 0.5) is 5.82 Å². The van der Waals surface area contributed by atoms with Crippen LogP contribution in [0.5, 0.6) is 0 Å². The molecular weight excluding hydrogens is 246 g/mol. The number of nitrogens with zero attached hydrogens (tertiary/aromatic N) is 3. The van der Waals surface area contributed by atoms with Crippen molar-refractivity contribution in [2.75, 3.05) is 18.5 Å². The van der Waals surface area contributed by atoms with Crippen LogP contribution in [0.15, 0.2) is 42.7 Å². The van der Waals surface area contributed by atoms with Gasteiger partial charge in [0.05, 0.1) is 24.0 Å². The number of hydrogen-bond acceptors (Lipinski definition) is 3. The highest BCUT2D eigenvalue weighted by molar-refractivity contribution is 6.16. The Morgan fingerprint density at radius 2 is 1.89 bits per heavy atom. The summed E-state index contributed by atoms with van der Waals surface area (Å²) in [7, 11) is 2.02. The fourth-order valence-electron chi connectivity index (χ4n) is 1.67. The Morgan fingerprint density at radius 1 is 1.11 bits per heavy atom. The summed E-state index contributed by atoms with van der Waals surface area (Å²) in [5, 5.41) is 0. The van der Waals surface area contributed by atoms with Gasteiger partial charge in [0.15, 0.2) is 0 Å². The summed E-state index contributed by atoms with van der Waals surface area (Å²) < 4.78 is 0. The molecule has 0 atom stereocenters. The van der Waals surface area contributed by atoms with Gasteiger partial charge in [0.1, 0.15) is 5.82 Å². The smallest absolute Gasteiger partial charge is 0.146 e. The molecule has 0 N–H and O–H groups in total. The molecule has 0 fully saturated rings. The van der Waals surface area contributed by atoms with Gasteiger partial charge < -0.3 is 4.90 Å². The second-order valence-corrected chi connectivity index (χ2v) is 4.42. The van der Waals surface area contributed by atoms with Crippen LogP contribution in [0.1, 0.15) is 11.3 Å². The van der Waals surface area contributed by atoms with E-state index in [1.807, 2.05) is 13.1 Å². The molecule has 2 aromatic rings. The van der Waals surface area contributed by atoms with Crippen molar-refractivity contribution in [3.63, 3.8) is 0 Å². The predicted molar refractivity (Wildman–Crippen MR) is 75.0 cm³/mol. The average molecular weight is 262 g/mol. The Labute approximate surface area is 112 Å². The molecule has 0 bridgehead atoms. The Kier molecular flexibility index (Phi) is 4.53. The molecule has 3 nitrogen and oxygen atoms in total. The largest absolute Gasteiger partial charge is 0.358 e. The Morgan fingerprint density at radius 3 is 2.50 bits per heavy atom. The van der Waals surface area contributed by atoms with Gasteiger partial charge in [-0.05, 0) is 12.0 Å². The van der Waals surface area contributed by atoms with E-state index >= 15 is 0 Å². The molecule has 0 aliphatic heterocycles. The number of benzene rings is 1. The number of aromatic nitrogens is 2. The Hall–Kier alpha value is -1.61. The fourth-order valence-corrected chi connectivity index (χ4v) is 1.81. The molecule has 0 amide bonds. The van der Waals surface area contributed by atoms with Gasteiger partial charge in [-0.25, -0.2) is 4.98 Å². The Bertz CT molecular complexity index is 470. The highest BCUT2D eigenvalue weighted by Crippen LogP contribution is 2.09. The average Bonchev–Trinajstić information content (AvgIpc) is 2.46. The molecule has 0 saturated carbocycles. The number of anilines is 1. The van der Waals surface area contributed by atoms with Crippen molar-refractivity contribution >= 4 is 17.4 Å². The van der Waals surface area contributed by atoms with Gasteiger partial charge in [-0.1, -0.05) is 30.3 Å². The molecule has 0 unspecified atom stereocenters. The minimum atomic E-state index is 0.404. The molecule has 0 aliphatic carbocycles. The van der Waals surface area contributed by atoms with Crippen LogP contribution < -0.4 is 4.90 Å². The quantitative estimate of drug-likeness (QED) is 0.775. The maximum atomic E-state index is 5.68. The molecule has 94 valence electrons. The van der Waals surface area contributed by atoms with Crippen molar-refractivity contribution in [2.45, 2.75) is 12.3 Å². The fraction of sp³-hybridized carbons (Fsp3) is 0.286. The summed E-state index contributed by atoms with van der Waals surface area (Å²) in [6.07, 6.45) is 4.49. The van der Waals surface area contributed by atoms with Crippen molar-refractivity contribution < 1.29 is 0 Å². The lowest BCUT2D eigenvalue weighted by atomic mass is 10.1. The molecule has 1 heterocycles. The highest BCUT2D eigenvalue weighted by Gasteiger charge is 2.03. The first kappa shape index (κ1) is 12.8. The first-order valence-corrected chi connectivity index (χ1v) is 6.45. The lowest BCUT2D eigenvalue weighted by Crippen LogP contribution is -2.21. The minimum absolute atomic E-state index is 0.404. The topological polar surface area (TPSA) is 29.0 Å². The summed E-state index contributed by atoms with van der Waals surface area (Å²) in [5.41, 5.74) is 2.13. The third-order valence-corrected chi connectivity index (χ3v) is 3.07. The number of alkyl halides is 1. The van der Waals surface area contributed by atoms with Crippen molar-refractivity contribution in [3.05, 3.63) is 54.0 Å². The number of likely N-dealkylation sites (N-methyl/N-ethyl adjacent to an activating group) is 1. The van der Waals surface area contributed by atoms with Gasteiger partial charge >= 0.3 is 0 Å². The summed E-state index contributed by atoms with van der Waals surface area (Å²) in [6.45, 7) is 0.916. The molecule has 0 aliphatic rings. The minimum Gasteiger partial charge on any atom is -0.358 e. The van der Waals surface area contributed by atoms with E-state index in [1.165, 1.54) is 5.56 Å². The normalized spacial score (nSPS) is 10.3. The van der Waals surface area contributed by atoms with Gasteiger partial charge in [0.2, 0.25) is 0 Å². The van der Waals surface area contributed by atoms with E-state index < -0.39 is 0 Å². The molecule has 4 heteroatoms. The van der Waals surface area contributed by atoms with Crippen LogP contribution in [0.2, 0.25) is 0 Å². The summed E-state index contributed by atoms with van der Waals surface area (Å²) >= 11 is 5.68. The van der Waals surface area contributed by atoms with E-state index in [4.69, 9.17) is 11.6 Å². The van der Waals surface area contributed by atoms with Crippen LogP contribution in [0, 0.1) is 0 Å². The lowest BCUT2D eigenvalue weighted by molar-refractivity contribution is 0.851. The number of rotatable bonds is 5. The third-order valence-electron chi connectivity index (χ3n) is 2.80. The maximum absolute atomic E-state index is 5.68. The SMILES string of the molecule is CN(CCc1ccccc1)c1cnc(CCl)cn1. The maximum Gasteiger partial charge on any atom is 0.146 e. The number of hydrogen-bond donors (Lipinski definition) is 0. The molecule has 1 aromatic carbocycles. The molecule has 18 heavy (non-hydrogen) atoms. The molecule has 0 saturated heterocycles. The van der Waals surface area contributed by atoms with E-state index in [0.717, 1.165) is 24.5 Å². The zero-order valence-corrected chi connectivity index (χ0v) is 11.1. The van der Waals surface area contributed by atoms with Gasteiger partial charge in [0.25, 0.3) is 0 Å². The summed E-state index contributed by atoms with van der Waals surface area (Å²) in [6, 6.07) is 10.4. The van der Waals surface area contributed by atoms with Crippen molar-refractivity contribution in [1.82, 2.24) is 9.97 Å². The monoisotopic (exact) mass is 261 g/mol.